The molecular formula is C114H118N14O12. The Morgan fingerprint density at radius 3 is 0.743 bits per heavy atom. The van der Waals surface area contributed by atoms with Gasteiger partial charge < -0.3 is 47.9 Å². The van der Waals surface area contributed by atoms with Crippen LogP contribution in [0.2, 0.25) is 0 Å². The summed E-state index contributed by atoms with van der Waals surface area (Å²) < 4.78 is 61.4. The van der Waals surface area contributed by atoms with Gasteiger partial charge in [-0.05, 0) is 200 Å². The molecule has 0 saturated carbocycles. The zero-order valence-electron chi connectivity index (χ0n) is 82.8. The summed E-state index contributed by atoms with van der Waals surface area (Å²) in [6.45, 7) is 33.0. The summed E-state index contributed by atoms with van der Waals surface area (Å²) in [5.41, 5.74) is 20.3. The van der Waals surface area contributed by atoms with Crippen LogP contribution in [0.25, 0.3) is 33.5 Å². The number of hydrogen-bond acceptors (Lipinski definition) is 22. The van der Waals surface area contributed by atoms with E-state index < -0.39 is 47.3 Å². The topological polar surface area (TPSA) is 308 Å². The summed E-state index contributed by atoms with van der Waals surface area (Å²) in [6.07, 6.45) is 19.0. The van der Waals surface area contributed by atoms with Crippen molar-refractivity contribution in [1.29, 1.82) is 0 Å². The maximum Gasteiger partial charge on any atom is 0.286 e. The van der Waals surface area contributed by atoms with E-state index in [0.29, 0.717) is 141 Å². The fourth-order valence-corrected chi connectivity index (χ4v) is 22.8. The molecular weight excluding hydrogens is 1760 g/mol. The first-order chi connectivity index (χ1) is 68.0. The lowest BCUT2D eigenvalue weighted by molar-refractivity contribution is 0.0715. The second kappa shape index (κ2) is 37.5. The summed E-state index contributed by atoms with van der Waals surface area (Å²) in [5, 5.41) is 0. The minimum Gasteiger partial charge on any atom is -0.434 e. The molecule has 26 nitrogen and oxygen atoms in total. The lowest BCUT2D eigenvalue weighted by Crippen LogP contribution is -2.30. The highest BCUT2D eigenvalue weighted by Gasteiger charge is 2.50. The fourth-order valence-electron chi connectivity index (χ4n) is 22.8. The number of para-hydroxylation sites is 4. The maximum absolute atomic E-state index is 16.5. The van der Waals surface area contributed by atoms with E-state index in [0.717, 1.165) is 202 Å². The summed E-state index contributed by atoms with van der Waals surface area (Å²) in [7, 11) is 0. The number of aliphatic imine (C=N–C) groups is 2. The fraction of sp³-hybridized carbons (Fsp3) is 0.386. The van der Waals surface area contributed by atoms with Gasteiger partial charge in [-0.3, -0.25) is 29.2 Å². The van der Waals surface area contributed by atoms with Crippen LogP contribution in [0.4, 0.5) is 0 Å². The Hall–Kier alpha value is -14.3. The first-order valence-electron chi connectivity index (χ1n) is 50.7. The molecule has 6 aromatic carbocycles. The molecule has 140 heavy (non-hydrogen) atoms. The van der Waals surface area contributed by atoms with E-state index in [9.17, 15) is 0 Å². The molecule has 14 heterocycles. The Morgan fingerprint density at radius 1 is 0.300 bits per heavy atom. The van der Waals surface area contributed by atoms with E-state index in [4.69, 9.17) is 87.8 Å². The van der Waals surface area contributed by atoms with Crippen LogP contribution in [0, 0.1) is 27.7 Å². The van der Waals surface area contributed by atoms with Gasteiger partial charge in [-0.15, -0.1) is 0 Å². The van der Waals surface area contributed by atoms with E-state index in [-0.39, 0.29) is 104 Å². The molecule has 8 aliphatic heterocycles. The number of unbranched alkanes of at least 4 members (excludes halogenated alkanes) is 12. The van der Waals surface area contributed by atoms with E-state index >= 15 is 19.2 Å². The van der Waals surface area contributed by atoms with Crippen molar-refractivity contribution in [2.75, 3.05) is 0 Å². The van der Waals surface area contributed by atoms with Gasteiger partial charge >= 0.3 is 0 Å². The molecule has 0 fully saturated rings. The Kier molecular flexibility index (Phi) is 24.6. The van der Waals surface area contributed by atoms with Crippen molar-refractivity contribution in [3.63, 3.8) is 0 Å². The summed E-state index contributed by atoms with van der Waals surface area (Å²) in [4.78, 5) is 128. The van der Waals surface area contributed by atoms with Gasteiger partial charge in [0.2, 0.25) is 0 Å². The smallest absolute Gasteiger partial charge is 0.286 e. The highest BCUT2D eigenvalue weighted by atomic mass is 16.6. The number of nitrogens with one attached hydrogen (secondary N) is 2. The molecule has 2 N–H and O–H groups in total. The van der Waals surface area contributed by atoms with Crippen LogP contribution in [-0.4, -0.2) is 94.7 Å². The number of hydrogen-bond donors (Lipinski definition) is 2. The zero-order chi connectivity index (χ0) is 97.1. The molecule has 8 bridgehead atoms. The molecule has 4 atom stereocenters. The molecule has 0 radical (unpaired) electrons. The number of aromatic nitrogens is 10. The first kappa shape index (κ1) is 92.1. The summed E-state index contributed by atoms with van der Waals surface area (Å²) in [5.74, 6) is -3.59. The molecule has 1 aliphatic carbocycles. The third kappa shape index (κ3) is 15.8. The largest absolute Gasteiger partial charge is 0.434 e. The van der Waals surface area contributed by atoms with Crippen molar-refractivity contribution >= 4 is 68.5 Å². The number of ether oxygens (including phenoxy) is 8. The van der Waals surface area contributed by atoms with Crippen molar-refractivity contribution in [3.8, 4) is 93.0 Å². The van der Waals surface area contributed by atoms with Crippen LogP contribution < -0.4 is 37.9 Å². The van der Waals surface area contributed by atoms with E-state index in [1.165, 1.54) is 0 Å². The van der Waals surface area contributed by atoms with Crippen LogP contribution in [0.3, 0.4) is 0 Å². The van der Waals surface area contributed by atoms with Gasteiger partial charge in [0.15, 0.2) is 22.8 Å². The maximum atomic E-state index is 16.5. The number of aromatic amines is 2. The number of benzene rings is 6. The summed E-state index contributed by atoms with van der Waals surface area (Å²) >= 11 is 0. The summed E-state index contributed by atoms with van der Waals surface area (Å²) in [6, 6.07) is 31.9. The van der Waals surface area contributed by atoms with E-state index in [1.54, 1.807) is 0 Å². The Labute approximate surface area is 815 Å². The average Bonchev–Trinajstić information content (AvgIpc) is 1.57. The standard InChI is InChI=1S/C114H118N14O12/c1-17-25-29-33-41-69-73-49-74-70(42-34-30-26-18-2)76-51-78-72(44-36-32-28-20-4)80-52-79-71(43-35-31-27-19-3)77-50-75(69)87-54-89(77)137-107-109(125-99-97(123-107)111(129)127(113(99)131)101(93-57(9)65(21-5)61(13)115-93)94-58(10)66(22-6)62(14)116-94)139-91(79)56-92(80)140-110-108(124-98-100(126-110)114(132)128(112(98)130)102(95-59(11)67(23-7)63(15)117-95)96-60(12)68(24-8)64(16)118-96)138-90(78)55-88(76)136-106-104(120-82-46-38-40-48-84(82)122-106)134-86(74)53-85(73)133-103-105(135-87)121-83-47-39-37-45-81(83)119-103/h37-40,45-56,69-72,115,117H,17-36,41-44H2,1-16H3. The third-order valence-corrected chi connectivity index (χ3v) is 29.9. The highest BCUT2D eigenvalue weighted by molar-refractivity contribution is 6.26. The lowest BCUT2D eigenvalue weighted by atomic mass is 9.76. The highest BCUT2D eigenvalue weighted by Crippen LogP contribution is 2.61. The Balaban J connectivity index is 0.891. The number of allylic oxidation sites excluding steroid dienone is 4. The first-order valence-corrected chi connectivity index (χ1v) is 50.7. The molecule has 12 aromatic rings. The van der Waals surface area contributed by atoms with Crippen molar-refractivity contribution in [2.45, 2.75) is 289 Å². The van der Waals surface area contributed by atoms with Gasteiger partial charge in [0.25, 0.3) is 70.7 Å². The Bertz CT molecular complexity index is 7020. The third-order valence-electron chi connectivity index (χ3n) is 29.9. The predicted molar refractivity (Wildman–Crippen MR) is 538 cm³/mol. The zero-order valence-corrected chi connectivity index (χ0v) is 82.8. The van der Waals surface area contributed by atoms with Crippen molar-refractivity contribution in [2.24, 2.45) is 9.98 Å². The average molecular weight is 1880 g/mol. The van der Waals surface area contributed by atoms with Gasteiger partial charge in [0.05, 0.1) is 44.8 Å². The van der Waals surface area contributed by atoms with Crippen LogP contribution >= 0.6 is 0 Å². The number of imide groups is 2. The monoisotopic (exact) mass is 1870 g/mol. The minimum atomic E-state index is -0.763. The number of fused-ring (bicyclic) bond motifs is 8. The number of nitrogens with zero attached hydrogens (tertiary/aromatic N) is 12. The van der Waals surface area contributed by atoms with Gasteiger partial charge in [-0.25, -0.2) is 49.7 Å². The minimum absolute atomic E-state index is 0.0630. The number of carbonyl (C=O) groups excluding carboxylic acids is 4. The quantitative estimate of drug-likeness (QED) is 0.0340. The number of H-pyrrole nitrogens is 2. The number of amides is 4. The molecule has 4 amide bonds. The second-order valence-corrected chi connectivity index (χ2v) is 38.6. The van der Waals surface area contributed by atoms with Crippen molar-refractivity contribution in [1.82, 2.24) is 59.6 Å². The van der Waals surface area contributed by atoms with Crippen LogP contribution in [-0.2, 0) is 12.8 Å². The molecule has 26 heteroatoms. The van der Waals surface area contributed by atoms with Crippen LogP contribution in [0.5, 0.6) is 93.0 Å². The van der Waals surface area contributed by atoms with Gasteiger partial charge in [0.1, 0.15) is 57.4 Å². The van der Waals surface area contributed by atoms with E-state index in [2.05, 4.69) is 89.6 Å². The number of rotatable bonds is 28. The van der Waals surface area contributed by atoms with Crippen LogP contribution in [0.15, 0.2) is 141 Å². The molecule has 6 aromatic heterocycles. The SMILES string of the molecule is CCCCCCC1c2cc3c4cc2Oc2nc5c(nc2Oc2cc6c(cc21)C(CCCCCC)c1cc2c(cc1Oc1nc7ccccc7nc1O6)Oc1nc6ccccc6nc1Oc1cc(c(cc1C2CCCCCC)C3CCCCCC)Oc1nc2c(nc1O4)C(=O)N(C(=C1N=C(C)C(CC)=C1C)c1[nH]c(C)c(CC)c1C)C2=O)C(=O)N(C(=C1N=C(C)C(CC)=C1C)c1[nH]c(C)c(CC)c1C)C5=O. The molecule has 716 valence electrons. The van der Waals surface area contributed by atoms with Crippen molar-refractivity contribution < 1.29 is 57.1 Å². The molecule has 21 rings (SSSR count). The van der Waals surface area contributed by atoms with Gasteiger partial charge in [0, 0.05) is 115 Å². The molecule has 9 aliphatic rings. The van der Waals surface area contributed by atoms with Gasteiger partial charge in [-0.2, -0.15) is 0 Å². The number of aryl methyl sites for hydroxylation is 2. The van der Waals surface area contributed by atoms with Crippen molar-refractivity contribution in [3.05, 3.63) is 243 Å². The number of carbonyl (C=O) groups is 4. The second-order valence-electron chi connectivity index (χ2n) is 38.6. The van der Waals surface area contributed by atoms with Gasteiger partial charge in [-0.1, -0.05) is 182 Å². The molecule has 0 spiro atoms. The Morgan fingerprint density at radius 2 is 0.536 bits per heavy atom. The molecule has 4 unspecified atom stereocenters. The van der Waals surface area contributed by atoms with Crippen LogP contribution in [0.1, 0.15) is 380 Å². The molecule has 0 saturated heterocycles. The normalized spacial score (nSPS) is 17.9. The van der Waals surface area contributed by atoms with E-state index in [1.807, 2.05) is 128 Å². The lowest BCUT2D eigenvalue weighted by Gasteiger charge is -2.30. The predicted octanol–water partition coefficient (Wildman–Crippen LogP) is 28.8.